The first kappa shape index (κ1) is 2.23. The number of aromatic nitrogens is 2. The summed E-state index contributed by atoms with van der Waals surface area (Å²) in [5.41, 5.74) is -0.241. The Labute approximate surface area is 35.5 Å². The van der Waals surface area contributed by atoms with E-state index < -0.39 is 0 Å². The highest BCUT2D eigenvalue weighted by molar-refractivity contribution is 4.75. The molecule has 0 amide bonds. The molecule has 0 aromatic carbocycles. The lowest BCUT2D eigenvalue weighted by Crippen LogP contribution is -1.93. The highest BCUT2D eigenvalue weighted by atomic mass is 16.1. The Balaban J connectivity index is 3.30. The molecule has 0 fully saturated rings. The molecule has 32 valence electrons. The largest absolute Gasteiger partial charge is 0.305 e. The van der Waals surface area contributed by atoms with Crippen molar-refractivity contribution in [3.05, 3.63) is 22.6 Å². The van der Waals surface area contributed by atoms with Gasteiger partial charge in [-0.1, -0.05) is 0 Å². The summed E-state index contributed by atoms with van der Waals surface area (Å²) in [6, 6.07) is 1.28. The van der Waals surface area contributed by atoms with Crippen molar-refractivity contribution < 1.29 is 1.41 Å². The lowest BCUT2D eigenvalue weighted by atomic mass is 10.7. The van der Waals surface area contributed by atoms with Gasteiger partial charge in [-0.05, 0) is 0 Å². The van der Waals surface area contributed by atoms with E-state index in [0.717, 1.165) is 5.09 Å². The Morgan fingerprint density at radius 2 is 2.83 bits per heavy atom. The molecule has 0 bridgehead atoms. The van der Waals surface area contributed by atoms with Crippen LogP contribution in [0, 0.1) is 0 Å². The minimum Gasteiger partial charge on any atom is -0.305 e. The molecule has 3 nitrogen and oxygen atoms in total. The predicted molar refractivity (Wildman–Crippen MR) is 21.4 cm³/mol. The molecule has 1 rings (SSSR count). The topological polar surface area (TPSA) is 48.6 Å². The fourth-order valence-electron chi connectivity index (χ4n) is 0.243. The first-order chi connectivity index (χ1) is 3.29. The van der Waals surface area contributed by atoms with Gasteiger partial charge in [0.15, 0.2) is 1.41 Å². The van der Waals surface area contributed by atoms with Crippen LogP contribution in [0.1, 0.15) is 0 Å². The molecular weight excluding hydrogens is 80.0 g/mol. The smallest absolute Gasteiger partial charge is 0.263 e. The molecule has 0 radical (unpaired) electrons. The zero-order valence-electron chi connectivity index (χ0n) is 4.01. The van der Waals surface area contributed by atoms with E-state index in [9.17, 15) is 4.79 Å². The third-order valence-corrected chi connectivity index (χ3v) is 0.475. The maximum atomic E-state index is 10.1. The van der Waals surface area contributed by atoms with Crippen LogP contribution in [0.15, 0.2) is 17.1 Å². The average molecular weight is 85.1 g/mol. The fourth-order valence-corrected chi connectivity index (χ4v) is 0.243. The van der Waals surface area contributed by atoms with Gasteiger partial charge in [-0.15, -0.1) is 0 Å². The average Bonchev–Trinajstić information content (AvgIpc) is 1.87. The predicted octanol–water partition coefficient (Wildman–Crippen LogP) is -0.297. The van der Waals surface area contributed by atoms with E-state index in [2.05, 4.69) is 5.10 Å². The molecule has 2 N–H and O–H groups in total. The van der Waals surface area contributed by atoms with Gasteiger partial charge in [0, 0.05) is 12.3 Å². The molecule has 0 saturated heterocycles. The zero-order valence-corrected chi connectivity index (χ0v) is 3.01. The van der Waals surface area contributed by atoms with Crippen molar-refractivity contribution in [2.24, 2.45) is 0 Å². The summed E-state index contributed by atoms with van der Waals surface area (Å²) in [5, 5.41) is 3.02. The molecule has 0 unspecified atom stereocenters. The molecule has 0 atom stereocenters. The van der Waals surface area contributed by atoms with Gasteiger partial charge in [0.05, 0.1) is 0 Å². The maximum Gasteiger partial charge on any atom is 0.263 e. The Morgan fingerprint density at radius 1 is 2.00 bits per heavy atom. The van der Waals surface area contributed by atoms with E-state index in [1.54, 1.807) is 0 Å². The monoisotopic (exact) mass is 85.0 g/mol. The fraction of sp³-hybridized carbons (Fsp3) is 0. The molecule has 3 heteroatoms. The van der Waals surface area contributed by atoms with Crippen LogP contribution in [0.25, 0.3) is 0 Å². The Kier molecular flexibility index (Phi) is 0.374. The summed E-state index contributed by atoms with van der Waals surface area (Å²) in [5.74, 6) is 0. The summed E-state index contributed by atoms with van der Waals surface area (Å²) in [6.45, 7) is 0. The Hall–Kier alpha value is -0.990. The SMILES string of the molecule is [2H]n1ccc(=O)[nH]1. The molecule has 0 aliphatic carbocycles. The van der Waals surface area contributed by atoms with Crippen LogP contribution in [0.4, 0.5) is 0 Å². The zero-order chi connectivity index (χ0) is 5.28. The van der Waals surface area contributed by atoms with Crippen LogP contribution in [0.5, 0.6) is 0 Å². The van der Waals surface area contributed by atoms with Crippen molar-refractivity contribution in [1.29, 1.82) is 0 Å². The standard InChI is InChI=1S/C3H4N2O/c6-3-1-2-4-5-3/h1-2H,(H2,4,5,6)/i/hD. The molecule has 1 aromatic heterocycles. The molecule has 0 spiro atoms. The number of hydrogen-bond acceptors (Lipinski definition) is 1. The molecule has 0 aliphatic rings. The van der Waals surface area contributed by atoms with Crippen LogP contribution >= 0.6 is 0 Å². The number of nitrogens with one attached hydrogen (secondary N) is 2. The number of H-pyrrole nitrogens is 2. The van der Waals surface area contributed by atoms with Crippen LogP contribution in [0.3, 0.4) is 0 Å². The highest BCUT2D eigenvalue weighted by Gasteiger charge is 1.70. The number of aromatic amines is 2. The number of hydrogen-bond donors (Lipinski definition) is 2. The van der Waals surface area contributed by atoms with Gasteiger partial charge in [-0.3, -0.25) is 9.89 Å². The van der Waals surface area contributed by atoms with E-state index in [4.69, 9.17) is 1.41 Å². The van der Waals surface area contributed by atoms with Gasteiger partial charge >= 0.3 is 0 Å². The summed E-state index contributed by atoms with van der Waals surface area (Å²) >= 11 is 0. The van der Waals surface area contributed by atoms with Crippen LogP contribution < -0.4 is 5.56 Å². The van der Waals surface area contributed by atoms with Crippen molar-refractivity contribution in [2.75, 3.05) is 0 Å². The number of rotatable bonds is 0. The van der Waals surface area contributed by atoms with Gasteiger partial charge in [-0.2, -0.15) is 0 Å². The third-order valence-electron chi connectivity index (χ3n) is 0.475. The Bertz CT molecular complexity index is 201. The minimum atomic E-state index is -0.241. The van der Waals surface area contributed by atoms with Crippen molar-refractivity contribution in [3.8, 4) is 0 Å². The second kappa shape index (κ2) is 1.01. The molecular formula is C3H4N2O. The molecule has 1 heterocycles. The first-order valence-corrected chi connectivity index (χ1v) is 1.56. The van der Waals surface area contributed by atoms with Crippen molar-refractivity contribution in [1.82, 2.24) is 10.2 Å². The van der Waals surface area contributed by atoms with E-state index in [1.165, 1.54) is 12.3 Å². The maximum absolute atomic E-state index is 10.1. The van der Waals surface area contributed by atoms with Gasteiger partial charge in [0.2, 0.25) is 0 Å². The molecule has 6 heavy (non-hydrogen) atoms. The van der Waals surface area contributed by atoms with Gasteiger partial charge in [0.25, 0.3) is 5.56 Å². The van der Waals surface area contributed by atoms with Crippen molar-refractivity contribution in [3.63, 3.8) is 0 Å². The van der Waals surface area contributed by atoms with Crippen molar-refractivity contribution >= 4 is 0 Å². The van der Waals surface area contributed by atoms with E-state index >= 15 is 0 Å². The van der Waals surface area contributed by atoms with E-state index in [1.807, 2.05) is 0 Å². The second-order valence-electron chi connectivity index (χ2n) is 0.921. The first-order valence-electron chi connectivity index (χ1n) is 2.01. The summed E-state index contributed by atoms with van der Waals surface area (Å²) in [4.78, 5) is 10.1. The summed E-state index contributed by atoms with van der Waals surface area (Å²) in [6.07, 6.45) is 1.34. The highest BCUT2D eigenvalue weighted by Crippen LogP contribution is 1.53. The molecule has 0 saturated carbocycles. The van der Waals surface area contributed by atoms with Gasteiger partial charge in [-0.25, -0.2) is 0 Å². The second-order valence-corrected chi connectivity index (χ2v) is 0.921. The van der Waals surface area contributed by atoms with Gasteiger partial charge in [0.1, 0.15) is 0 Å². The molecule has 1 aromatic rings. The lowest BCUT2D eigenvalue weighted by molar-refractivity contribution is 1.06. The molecule has 0 aliphatic heterocycles. The lowest BCUT2D eigenvalue weighted by Gasteiger charge is -1.55. The van der Waals surface area contributed by atoms with Crippen LogP contribution in [-0.2, 0) is 0 Å². The third kappa shape index (κ3) is 0.337. The summed E-state index contributed by atoms with van der Waals surface area (Å²) < 4.78 is 6.68. The Morgan fingerprint density at radius 3 is 3.00 bits per heavy atom. The quantitative estimate of drug-likeness (QED) is 0.446. The van der Waals surface area contributed by atoms with Crippen molar-refractivity contribution in [2.45, 2.75) is 0 Å². The van der Waals surface area contributed by atoms with E-state index in [0.29, 0.717) is 0 Å². The van der Waals surface area contributed by atoms with E-state index in [-0.39, 0.29) is 5.56 Å². The normalized spacial score (nSPS) is 11.0. The van der Waals surface area contributed by atoms with Crippen LogP contribution in [-0.4, -0.2) is 10.2 Å². The van der Waals surface area contributed by atoms with Gasteiger partial charge < -0.3 is 5.09 Å². The minimum absolute atomic E-state index is 0.241. The van der Waals surface area contributed by atoms with Crippen LogP contribution in [0.2, 0.25) is 1.41 Å². The summed E-state index contributed by atoms with van der Waals surface area (Å²) in [7, 11) is 0.